The van der Waals surface area contributed by atoms with Gasteiger partial charge in [0.2, 0.25) is 0 Å². The first-order chi connectivity index (χ1) is 10.1. The van der Waals surface area contributed by atoms with Crippen LogP contribution in [-0.2, 0) is 4.74 Å². The Labute approximate surface area is 130 Å². The molecule has 108 valence electrons. The third kappa shape index (κ3) is 3.32. The van der Waals surface area contributed by atoms with E-state index in [0.717, 1.165) is 10.0 Å². The van der Waals surface area contributed by atoms with Crippen molar-refractivity contribution in [3.05, 3.63) is 50.3 Å². The Morgan fingerprint density at radius 3 is 2.76 bits per heavy atom. The molecule has 0 saturated carbocycles. The molecule has 0 unspecified atom stereocenters. The molecule has 0 bridgehead atoms. The van der Waals surface area contributed by atoms with E-state index >= 15 is 0 Å². The molecule has 2 aromatic rings. The van der Waals surface area contributed by atoms with Crippen LogP contribution in [0, 0.1) is 18.3 Å². The van der Waals surface area contributed by atoms with Crippen LogP contribution < -0.4 is 10.3 Å². The molecule has 6 heteroatoms. The van der Waals surface area contributed by atoms with Gasteiger partial charge in [-0.05, 0) is 46.6 Å². The number of nitrogens with one attached hydrogen (secondary N) is 1. The second-order valence-corrected chi connectivity index (χ2v) is 5.23. The van der Waals surface area contributed by atoms with Crippen molar-refractivity contribution in [1.29, 1.82) is 5.26 Å². The van der Waals surface area contributed by atoms with E-state index in [1.165, 1.54) is 0 Å². The summed E-state index contributed by atoms with van der Waals surface area (Å²) in [6, 6.07) is 9.08. The first-order valence-electron chi connectivity index (χ1n) is 6.12. The van der Waals surface area contributed by atoms with Gasteiger partial charge in [0.1, 0.15) is 17.4 Å². The smallest absolute Gasteiger partial charge is 0.266 e. The molecule has 0 aliphatic rings. The van der Waals surface area contributed by atoms with Crippen molar-refractivity contribution in [2.24, 2.45) is 0 Å². The van der Waals surface area contributed by atoms with Crippen LogP contribution in [-0.4, -0.2) is 18.9 Å². The number of ether oxygens (including phenoxy) is 2. The fourth-order valence-electron chi connectivity index (χ4n) is 1.94. The van der Waals surface area contributed by atoms with Crippen LogP contribution in [0.5, 0.6) is 5.75 Å². The quantitative estimate of drug-likeness (QED) is 0.861. The monoisotopic (exact) mass is 348 g/mol. The Morgan fingerprint density at radius 1 is 1.38 bits per heavy atom. The van der Waals surface area contributed by atoms with Gasteiger partial charge in [0.05, 0.1) is 4.47 Å². The number of halogens is 1. The number of aryl methyl sites for hydroxylation is 1. The maximum absolute atomic E-state index is 11.8. The van der Waals surface area contributed by atoms with Crippen molar-refractivity contribution in [3.63, 3.8) is 0 Å². The van der Waals surface area contributed by atoms with E-state index in [4.69, 9.17) is 14.7 Å². The number of rotatable bonds is 4. The van der Waals surface area contributed by atoms with Crippen LogP contribution in [0.25, 0.3) is 11.1 Å². The molecule has 5 nitrogen and oxygen atoms in total. The molecule has 1 heterocycles. The van der Waals surface area contributed by atoms with E-state index in [0.29, 0.717) is 17.0 Å². The SMILES string of the molecule is COCOc1ccc(-c2cc(C)[nH]c(=O)c2C#N)cc1Br. The van der Waals surface area contributed by atoms with Crippen LogP contribution in [0.3, 0.4) is 0 Å². The lowest BCUT2D eigenvalue weighted by Crippen LogP contribution is -2.12. The fourth-order valence-corrected chi connectivity index (χ4v) is 2.43. The lowest BCUT2D eigenvalue weighted by Gasteiger charge is -2.10. The molecule has 0 saturated heterocycles. The minimum atomic E-state index is -0.386. The minimum Gasteiger partial charge on any atom is -0.466 e. The van der Waals surface area contributed by atoms with E-state index in [-0.39, 0.29) is 17.9 Å². The molecule has 21 heavy (non-hydrogen) atoms. The maximum atomic E-state index is 11.8. The molecule has 0 aliphatic carbocycles. The zero-order chi connectivity index (χ0) is 15.4. The average molecular weight is 349 g/mol. The zero-order valence-electron chi connectivity index (χ0n) is 11.6. The van der Waals surface area contributed by atoms with Crippen LogP contribution >= 0.6 is 15.9 Å². The standard InChI is InChI=1S/C15H13BrN2O3/c1-9-5-11(12(7-17)15(19)18-9)10-3-4-14(13(16)6-10)21-8-20-2/h3-6H,8H2,1-2H3,(H,18,19). The number of aromatic nitrogens is 1. The van der Waals surface area contributed by atoms with Crippen molar-refractivity contribution >= 4 is 15.9 Å². The van der Waals surface area contributed by atoms with Gasteiger partial charge >= 0.3 is 0 Å². The number of methoxy groups -OCH3 is 1. The summed E-state index contributed by atoms with van der Waals surface area (Å²) in [5.74, 6) is 0.626. The minimum absolute atomic E-state index is 0.0954. The van der Waals surface area contributed by atoms with E-state index < -0.39 is 0 Å². The van der Waals surface area contributed by atoms with E-state index in [2.05, 4.69) is 20.9 Å². The normalized spacial score (nSPS) is 10.2. The maximum Gasteiger partial charge on any atom is 0.266 e. The molecule has 0 spiro atoms. The Bertz CT molecular complexity index is 762. The average Bonchev–Trinajstić information content (AvgIpc) is 2.45. The summed E-state index contributed by atoms with van der Waals surface area (Å²) in [4.78, 5) is 14.5. The second-order valence-electron chi connectivity index (χ2n) is 4.38. The van der Waals surface area contributed by atoms with Gasteiger partial charge in [-0.25, -0.2) is 0 Å². The van der Waals surface area contributed by atoms with Gasteiger partial charge in [-0.15, -0.1) is 0 Å². The highest BCUT2D eigenvalue weighted by Crippen LogP contribution is 2.31. The molecule has 1 N–H and O–H groups in total. The zero-order valence-corrected chi connectivity index (χ0v) is 13.2. The Morgan fingerprint density at radius 2 is 2.14 bits per heavy atom. The number of nitriles is 1. The summed E-state index contributed by atoms with van der Waals surface area (Å²) in [5, 5.41) is 9.17. The first kappa shape index (κ1) is 15.3. The Kier molecular flexibility index (Phi) is 4.78. The molecule has 1 aromatic carbocycles. The number of nitrogens with zero attached hydrogens (tertiary/aromatic N) is 1. The summed E-state index contributed by atoms with van der Waals surface area (Å²) in [5.41, 5.74) is 1.77. The van der Waals surface area contributed by atoms with Crippen LogP contribution in [0.4, 0.5) is 0 Å². The predicted octanol–water partition coefficient (Wildman–Crippen LogP) is 2.97. The third-order valence-electron chi connectivity index (χ3n) is 2.85. The van der Waals surface area contributed by atoms with Gasteiger partial charge in [0.15, 0.2) is 6.79 Å². The van der Waals surface area contributed by atoms with Gasteiger partial charge in [0, 0.05) is 18.4 Å². The third-order valence-corrected chi connectivity index (χ3v) is 3.47. The molecule has 0 aliphatic heterocycles. The molecule has 0 fully saturated rings. The molecular formula is C15H13BrN2O3. The van der Waals surface area contributed by atoms with E-state index in [9.17, 15) is 4.79 Å². The number of H-pyrrole nitrogens is 1. The number of pyridine rings is 1. The Balaban J connectivity index is 2.51. The number of aromatic amines is 1. The number of hydrogen-bond acceptors (Lipinski definition) is 4. The molecule has 2 rings (SSSR count). The summed E-state index contributed by atoms with van der Waals surface area (Å²) < 4.78 is 11.0. The molecule has 1 aromatic heterocycles. The summed E-state index contributed by atoms with van der Waals surface area (Å²) in [7, 11) is 1.54. The van der Waals surface area contributed by atoms with Gasteiger partial charge in [-0.3, -0.25) is 4.79 Å². The summed E-state index contributed by atoms with van der Waals surface area (Å²) >= 11 is 3.41. The van der Waals surface area contributed by atoms with Crippen molar-refractivity contribution in [3.8, 4) is 22.9 Å². The van der Waals surface area contributed by atoms with Crippen molar-refractivity contribution in [1.82, 2.24) is 4.98 Å². The van der Waals surface area contributed by atoms with Crippen LogP contribution in [0.15, 0.2) is 33.5 Å². The lowest BCUT2D eigenvalue weighted by molar-refractivity contribution is 0.0506. The first-order valence-corrected chi connectivity index (χ1v) is 6.91. The van der Waals surface area contributed by atoms with Crippen molar-refractivity contribution in [2.75, 3.05) is 13.9 Å². The van der Waals surface area contributed by atoms with Crippen molar-refractivity contribution < 1.29 is 9.47 Å². The highest BCUT2D eigenvalue weighted by Gasteiger charge is 2.12. The molecule has 0 amide bonds. The molecule has 0 radical (unpaired) electrons. The summed E-state index contributed by atoms with van der Waals surface area (Å²) in [6.45, 7) is 1.92. The van der Waals surface area contributed by atoms with E-state index in [1.807, 2.05) is 6.07 Å². The molecule has 0 atom stereocenters. The highest BCUT2D eigenvalue weighted by molar-refractivity contribution is 9.10. The number of hydrogen-bond donors (Lipinski definition) is 1. The largest absolute Gasteiger partial charge is 0.466 e. The summed E-state index contributed by atoms with van der Waals surface area (Å²) in [6.07, 6.45) is 0. The highest BCUT2D eigenvalue weighted by atomic mass is 79.9. The van der Waals surface area contributed by atoms with Crippen LogP contribution in [0.1, 0.15) is 11.3 Å². The van der Waals surface area contributed by atoms with Gasteiger partial charge in [-0.2, -0.15) is 5.26 Å². The molecular weight excluding hydrogens is 336 g/mol. The van der Waals surface area contributed by atoms with Gasteiger partial charge < -0.3 is 14.5 Å². The van der Waals surface area contributed by atoms with Crippen LogP contribution in [0.2, 0.25) is 0 Å². The van der Waals surface area contributed by atoms with E-state index in [1.54, 1.807) is 38.3 Å². The number of benzene rings is 1. The van der Waals surface area contributed by atoms with Crippen molar-refractivity contribution in [2.45, 2.75) is 6.92 Å². The van der Waals surface area contributed by atoms with Gasteiger partial charge in [0.25, 0.3) is 5.56 Å². The fraction of sp³-hybridized carbons (Fsp3) is 0.200. The Hall–Kier alpha value is -2.10. The second kappa shape index (κ2) is 6.57. The lowest BCUT2D eigenvalue weighted by atomic mass is 10.0. The van der Waals surface area contributed by atoms with Gasteiger partial charge in [-0.1, -0.05) is 6.07 Å². The predicted molar refractivity (Wildman–Crippen MR) is 82.2 cm³/mol. The topological polar surface area (TPSA) is 75.1 Å².